The molecule has 6 heteroatoms. The van der Waals surface area contributed by atoms with E-state index >= 15 is 0 Å². The maximum atomic E-state index is 10.2. The van der Waals surface area contributed by atoms with Crippen LogP contribution in [0.15, 0.2) is 24.3 Å². The fourth-order valence-electron chi connectivity index (χ4n) is 1.88. The van der Waals surface area contributed by atoms with E-state index in [9.17, 15) is 9.90 Å². The molecule has 0 fully saturated rings. The van der Waals surface area contributed by atoms with Crippen LogP contribution in [0, 0.1) is 0 Å². The Morgan fingerprint density at radius 2 is 1.65 bits per heavy atom. The molecule has 0 aliphatic carbocycles. The van der Waals surface area contributed by atoms with E-state index in [1.807, 2.05) is 13.8 Å². The predicted octanol–water partition coefficient (Wildman–Crippen LogP) is 3.77. The number of rotatable bonds is 7. The molecule has 0 radical (unpaired) electrons. The van der Waals surface area contributed by atoms with Crippen LogP contribution in [0.5, 0.6) is 11.5 Å². The summed E-state index contributed by atoms with van der Waals surface area (Å²) in [6, 6.07) is 5.39. The summed E-state index contributed by atoms with van der Waals surface area (Å²) in [7, 11) is 1.43. The Morgan fingerprint density at radius 1 is 1.15 bits per heavy atom. The van der Waals surface area contributed by atoms with E-state index in [0.717, 1.165) is 18.9 Å². The van der Waals surface area contributed by atoms with E-state index in [4.69, 9.17) is 21.3 Å². The highest BCUT2D eigenvalue weighted by molar-refractivity contribution is 5.85. The predicted molar refractivity (Wildman–Crippen MR) is 108 cm³/mol. The Hall–Kier alpha value is -2.05. The summed E-state index contributed by atoms with van der Waals surface area (Å²) in [6.07, 6.45) is 7.16. The number of methoxy groups -OCH3 is 1. The first-order valence-corrected chi connectivity index (χ1v) is 8.96. The van der Waals surface area contributed by atoms with Crippen molar-refractivity contribution in [3.8, 4) is 11.5 Å². The minimum Gasteiger partial charge on any atom is -0.504 e. The molecule has 26 heavy (non-hydrogen) atoms. The van der Waals surface area contributed by atoms with Crippen molar-refractivity contribution in [1.82, 2.24) is 0 Å². The molecule has 6 N–H and O–H groups in total. The van der Waals surface area contributed by atoms with Gasteiger partial charge in [-0.2, -0.15) is 0 Å². The zero-order valence-electron chi connectivity index (χ0n) is 16.7. The molecule has 1 aromatic carbocycles. The number of benzene rings is 1. The Labute approximate surface area is 157 Å². The van der Waals surface area contributed by atoms with Gasteiger partial charge in [-0.1, -0.05) is 32.8 Å². The van der Waals surface area contributed by atoms with Gasteiger partial charge in [0.25, 0.3) is 0 Å². The van der Waals surface area contributed by atoms with Gasteiger partial charge in [-0.25, -0.2) is 4.79 Å². The van der Waals surface area contributed by atoms with E-state index in [0.29, 0.717) is 23.4 Å². The summed E-state index contributed by atoms with van der Waals surface area (Å²) in [4.78, 5) is 10.2. The summed E-state index contributed by atoms with van der Waals surface area (Å²) in [5.74, 6) is -0.672. The minimum absolute atomic E-state index is 0.0278. The van der Waals surface area contributed by atoms with Crippen molar-refractivity contribution in [3.63, 3.8) is 0 Å². The van der Waals surface area contributed by atoms with Crippen LogP contribution < -0.4 is 16.2 Å². The highest BCUT2D eigenvalue weighted by Crippen LogP contribution is 2.26. The standard InChI is InChI=1S/C10H10O4.2C5H13N/c1-14-9-6-7(2-4-8(9)11)3-5-10(12)13;2*1-3-4-5(2)6/h2-6,11H,1H3,(H,12,13);2*5H,3-4,6H2,1-2H3. The second-order valence-corrected chi connectivity index (χ2v) is 6.13. The third-order valence-corrected chi connectivity index (χ3v) is 3.11. The molecule has 0 saturated carbocycles. The van der Waals surface area contributed by atoms with Crippen molar-refractivity contribution in [2.45, 2.75) is 65.5 Å². The number of hydrogen-bond donors (Lipinski definition) is 4. The Balaban J connectivity index is 0. The van der Waals surface area contributed by atoms with Crippen LogP contribution in [0.3, 0.4) is 0 Å². The number of phenols is 1. The fourth-order valence-corrected chi connectivity index (χ4v) is 1.88. The van der Waals surface area contributed by atoms with Crippen LogP contribution in [0.4, 0.5) is 0 Å². The van der Waals surface area contributed by atoms with Gasteiger partial charge in [-0.05, 0) is 50.5 Å². The molecule has 2 unspecified atom stereocenters. The smallest absolute Gasteiger partial charge is 0.328 e. The van der Waals surface area contributed by atoms with E-state index in [1.54, 1.807) is 12.1 Å². The largest absolute Gasteiger partial charge is 0.504 e. The van der Waals surface area contributed by atoms with Gasteiger partial charge in [0.2, 0.25) is 0 Å². The molecular formula is C20H36N2O4. The molecule has 0 aromatic heterocycles. The zero-order chi connectivity index (χ0) is 20.5. The second kappa shape index (κ2) is 16.4. The van der Waals surface area contributed by atoms with Gasteiger partial charge in [0.05, 0.1) is 7.11 Å². The molecule has 0 aliphatic heterocycles. The lowest BCUT2D eigenvalue weighted by atomic mass is 10.2. The normalized spacial score (nSPS) is 12.3. The van der Waals surface area contributed by atoms with E-state index in [1.165, 1.54) is 32.1 Å². The number of aromatic hydroxyl groups is 1. The van der Waals surface area contributed by atoms with Crippen molar-refractivity contribution in [1.29, 1.82) is 0 Å². The first-order chi connectivity index (χ1) is 12.2. The SMILES string of the molecule is CCCC(C)N.CCCC(C)N.COc1cc(C=CC(=O)O)ccc1O. The minimum atomic E-state index is -1.02. The number of aliphatic carboxylic acids is 1. The highest BCUT2D eigenvalue weighted by atomic mass is 16.5. The number of carboxylic acid groups (broad SMARTS) is 1. The van der Waals surface area contributed by atoms with Gasteiger partial charge in [0, 0.05) is 18.2 Å². The topological polar surface area (TPSA) is 119 Å². The third kappa shape index (κ3) is 16.8. The summed E-state index contributed by atoms with van der Waals surface area (Å²) in [5.41, 5.74) is 11.5. The molecule has 0 bridgehead atoms. The molecule has 1 aromatic rings. The lowest BCUT2D eigenvalue weighted by Crippen LogP contribution is -2.13. The van der Waals surface area contributed by atoms with Crippen LogP contribution in [0.25, 0.3) is 6.08 Å². The van der Waals surface area contributed by atoms with Gasteiger partial charge >= 0.3 is 5.97 Å². The average Bonchev–Trinajstić information content (AvgIpc) is 2.55. The Morgan fingerprint density at radius 3 is 1.96 bits per heavy atom. The van der Waals surface area contributed by atoms with Crippen LogP contribution >= 0.6 is 0 Å². The number of hydrogen-bond acceptors (Lipinski definition) is 5. The number of carbonyl (C=O) groups is 1. The van der Waals surface area contributed by atoms with Crippen molar-refractivity contribution < 1.29 is 19.7 Å². The summed E-state index contributed by atoms with van der Waals surface area (Å²) in [6.45, 7) is 8.35. The van der Waals surface area contributed by atoms with Gasteiger partial charge in [-0.3, -0.25) is 0 Å². The Kier molecular flexibility index (Phi) is 16.5. The van der Waals surface area contributed by atoms with E-state index < -0.39 is 5.97 Å². The average molecular weight is 369 g/mol. The van der Waals surface area contributed by atoms with Crippen LogP contribution in [-0.2, 0) is 4.79 Å². The quantitative estimate of drug-likeness (QED) is 0.544. The van der Waals surface area contributed by atoms with E-state index in [-0.39, 0.29) is 5.75 Å². The highest BCUT2D eigenvalue weighted by Gasteiger charge is 2.00. The summed E-state index contributed by atoms with van der Waals surface area (Å²) in [5, 5.41) is 17.6. The second-order valence-electron chi connectivity index (χ2n) is 6.13. The molecule has 0 spiro atoms. The molecule has 0 heterocycles. The maximum Gasteiger partial charge on any atom is 0.328 e. The summed E-state index contributed by atoms with van der Waals surface area (Å²) >= 11 is 0. The molecule has 0 saturated heterocycles. The van der Waals surface area contributed by atoms with Crippen molar-refractivity contribution in [2.24, 2.45) is 11.5 Å². The van der Waals surface area contributed by atoms with Crippen LogP contribution in [0.2, 0.25) is 0 Å². The molecule has 2 atom stereocenters. The van der Waals surface area contributed by atoms with Gasteiger partial charge in [0.1, 0.15) is 0 Å². The lowest BCUT2D eigenvalue weighted by molar-refractivity contribution is -0.131. The van der Waals surface area contributed by atoms with E-state index in [2.05, 4.69) is 13.8 Å². The first-order valence-electron chi connectivity index (χ1n) is 8.96. The van der Waals surface area contributed by atoms with Crippen LogP contribution in [-0.4, -0.2) is 35.4 Å². The molecule has 1 rings (SSSR count). The van der Waals surface area contributed by atoms with Crippen LogP contribution in [0.1, 0.15) is 58.9 Å². The number of nitrogens with two attached hydrogens (primary N) is 2. The third-order valence-electron chi connectivity index (χ3n) is 3.11. The molecular weight excluding hydrogens is 332 g/mol. The van der Waals surface area contributed by atoms with Crippen molar-refractivity contribution in [3.05, 3.63) is 29.8 Å². The monoisotopic (exact) mass is 368 g/mol. The number of phenolic OH excluding ortho intramolecular Hbond substituents is 1. The van der Waals surface area contributed by atoms with Gasteiger partial charge in [0.15, 0.2) is 11.5 Å². The summed E-state index contributed by atoms with van der Waals surface area (Å²) < 4.78 is 4.86. The number of ether oxygens (including phenoxy) is 1. The van der Waals surface area contributed by atoms with Gasteiger partial charge < -0.3 is 26.4 Å². The van der Waals surface area contributed by atoms with Gasteiger partial charge in [-0.15, -0.1) is 0 Å². The molecule has 0 amide bonds. The fraction of sp³-hybridized carbons (Fsp3) is 0.550. The zero-order valence-corrected chi connectivity index (χ0v) is 16.7. The molecule has 150 valence electrons. The van der Waals surface area contributed by atoms with Crippen molar-refractivity contribution >= 4 is 12.0 Å². The van der Waals surface area contributed by atoms with Crippen molar-refractivity contribution in [2.75, 3.05) is 7.11 Å². The number of carboxylic acids is 1. The molecule has 0 aliphatic rings. The maximum absolute atomic E-state index is 10.2. The molecule has 6 nitrogen and oxygen atoms in total. The Bertz CT molecular complexity index is 505. The first kappa shape index (κ1) is 26.2. The lowest BCUT2D eigenvalue weighted by Gasteiger charge is -2.03.